The van der Waals surface area contributed by atoms with Gasteiger partial charge < -0.3 is 14.4 Å². The first-order valence-electron chi connectivity index (χ1n) is 11.6. The first kappa shape index (κ1) is 22.6. The van der Waals surface area contributed by atoms with E-state index in [0.717, 1.165) is 38.8 Å². The van der Waals surface area contributed by atoms with Crippen LogP contribution in [0.5, 0.6) is 0 Å². The lowest BCUT2D eigenvalue weighted by Crippen LogP contribution is -2.41. The molecule has 0 amide bonds. The van der Waals surface area contributed by atoms with Gasteiger partial charge in [-0.2, -0.15) is 5.10 Å². The Hall–Kier alpha value is -3.19. The minimum atomic E-state index is -0.754. The molecule has 1 aliphatic rings. The Morgan fingerprint density at radius 2 is 2.06 bits per heavy atom. The number of nitrogens with zero attached hydrogens (tertiary/aromatic N) is 2. The van der Waals surface area contributed by atoms with Crippen molar-refractivity contribution in [1.29, 1.82) is 0 Å². The Bertz CT molecular complexity index is 1430. The highest BCUT2D eigenvalue weighted by Crippen LogP contribution is 2.55. The molecule has 0 unspecified atom stereocenters. The highest BCUT2D eigenvalue weighted by atomic mass is 19.1. The highest BCUT2D eigenvalue weighted by molar-refractivity contribution is 5.99. The zero-order valence-electron chi connectivity index (χ0n) is 20.2. The van der Waals surface area contributed by atoms with Gasteiger partial charge in [-0.25, -0.2) is 4.39 Å². The maximum Gasteiger partial charge on any atom is 0.309 e. The standard InChI is InChI=1S/C27H30FN3O3/c1-15-8-18(6-7-20(15)28)31-22-9-16-13-29-30-21(16)10-19(22)23(24(31)26(2,3)14-34-5)17-11-27(4,12-17)25(32)33/h6-10,13,17H,11-12,14H2,1-5H3,(H,29,30)(H,32,33). The van der Waals surface area contributed by atoms with E-state index in [-0.39, 0.29) is 17.2 Å². The number of H-pyrrole nitrogens is 1. The number of hydrogen-bond donors (Lipinski definition) is 2. The van der Waals surface area contributed by atoms with Crippen molar-refractivity contribution < 1.29 is 19.0 Å². The number of halogens is 1. The lowest BCUT2D eigenvalue weighted by atomic mass is 9.60. The number of carbonyl (C=O) groups is 1. The molecule has 7 heteroatoms. The second kappa shape index (κ2) is 7.67. The first-order valence-corrected chi connectivity index (χ1v) is 11.6. The number of rotatable bonds is 6. The van der Waals surface area contributed by atoms with Crippen LogP contribution in [-0.2, 0) is 14.9 Å². The number of nitrogens with one attached hydrogen (secondary N) is 1. The number of benzene rings is 2. The zero-order valence-corrected chi connectivity index (χ0v) is 20.2. The zero-order chi connectivity index (χ0) is 24.4. The quantitative estimate of drug-likeness (QED) is 0.376. The second-order valence-electron chi connectivity index (χ2n) is 10.6. The molecule has 0 radical (unpaired) electrons. The summed E-state index contributed by atoms with van der Waals surface area (Å²) in [6.45, 7) is 8.36. The van der Waals surface area contributed by atoms with E-state index in [0.29, 0.717) is 25.0 Å². The van der Waals surface area contributed by atoms with Gasteiger partial charge in [-0.05, 0) is 74.1 Å². The number of ether oxygens (including phenoxy) is 1. The van der Waals surface area contributed by atoms with Gasteiger partial charge in [0.2, 0.25) is 0 Å². The van der Waals surface area contributed by atoms with Crippen LogP contribution in [0.1, 0.15) is 56.4 Å². The minimum Gasteiger partial charge on any atom is -0.481 e. The molecule has 2 aromatic heterocycles. The molecular weight excluding hydrogens is 433 g/mol. The molecule has 2 N–H and O–H groups in total. The minimum absolute atomic E-state index is 0.0953. The van der Waals surface area contributed by atoms with E-state index < -0.39 is 11.4 Å². The normalized spacial score (nSPS) is 20.7. The van der Waals surface area contributed by atoms with E-state index in [2.05, 4.69) is 40.7 Å². The van der Waals surface area contributed by atoms with Crippen molar-refractivity contribution >= 4 is 27.8 Å². The Morgan fingerprint density at radius 3 is 2.71 bits per heavy atom. The van der Waals surface area contributed by atoms with E-state index in [1.54, 1.807) is 26.3 Å². The molecule has 1 aliphatic carbocycles. The summed E-state index contributed by atoms with van der Waals surface area (Å²) >= 11 is 0. The van der Waals surface area contributed by atoms with Crippen molar-refractivity contribution in [2.45, 2.75) is 51.9 Å². The summed E-state index contributed by atoms with van der Waals surface area (Å²) in [5.41, 5.74) is 4.48. The second-order valence-corrected chi connectivity index (χ2v) is 10.6. The number of carboxylic acids is 1. The molecule has 0 atom stereocenters. The van der Waals surface area contributed by atoms with Gasteiger partial charge in [0.1, 0.15) is 5.82 Å². The number of hydrogen-bond acceptors (Lipinski definition) is 3. The van der Waals surface area contributed by atoms with Crippen molar-refractivity contribution in [3.8, 4) is 5.69 Å². The van der Waals surface area contributed by atoms with Gasteiger partial charge >= 0.3 is 5.97 Å². The van der Waals surface area contributed by atoms with Crippen LogP contribution in [0.15, 0.2) is 36.5 Å². The van der Waals surface area contributed by atoms with E-state index in [9.17, 15) is 14.3 Å². The molecule has 5 rings (SSSR count). The molecule has 0 spiro atoms. The van der Waals surface area contributed by atoms with Crippen molar-refractivity contribution in [1.82, 2.24) is 14.8 Å². The van der Waals surface area contributed by atoms with Gasteiger partial charge in [0, 0.05) is 34.7 Å². The summed E-state index contributed by atoms with van der Waals surface area (Å²) in [5.74, 6) is -0.903. The largest absolute Gasteiger partial charge is 0.481 e. The number of carboxylic acid groups (broad SMARTS) is 1. The number of aromatic nitrogens is 3. The van der Waals surface area contributed by atoms with Crippen LogP contribution in [0.3, 0.4) is 0 Å². The summed E-state index contributed by atoms with van der Waals surface area (Å²) in [7, 11) is 1.69. The molecule has 0 bridgehead atoms. The molecule has 4 aromatic rings. The van der Waals surface area contributed by atoms with E-state index in [4.69, 9.17) is 4.74 Å². The summed E-state index contributed by atoms with van der Waals surface area (Å²) < 4.78 is 22.1. The average molecular weight is 464 g/mol. The number of aliphatic carboxylic acids is 1. The smallest absolute Gasteiger partial charge is 0.309 e. The predicted molar refractivity (Wildman–Crippen MR) is 130 cm³/mol. The SMILES string of the molecule is COCC(C)(C)c1c(C2CC(C)(C(=O)O)C2)c2cc3[nH]ncc3cc2n1-c1ccc(F)c(C)c1. The molecule has 1 fully saturated rings. The van der Waals surface area contributed by atoms with Crippen molar-refractivity contribution in [3.05, 3.63) is 59.2 Å². The molecule has 1 saturated carbocycles. The number of aromatic amines is 1. The fraction of sp³-hybridized carbons (Fsp3) is 0.407. The Labute approximate surface area is 197 Å². The molecule has 2 heterocycles. The van der Waals surface area contributed by atoms with Gasteiger partial charge in [-0.3, -0.25) is 9.89 Å². The lowest BCUT2D eigenvalue weighted by molar-refractivity contribution is -0.154. The maximum absolute atomic E-state index is 14.2. The third kappa shape index (κ3) is 3.33. The monoisotopic (exact) mass is 463 g/mol. The van der Waals surface area contributed by atoms with Crippen molar-refractivity contribution in [2.75, 3.05) is 13.7 Å². The van der Waals surface area contributed by atoms with Crippen LogP contribution in [0, 0.1) is 18.2 Å². The number of aryl methyl sites for hydroxylation is 1. The number of methoxy groups -OCH3 is 1. The predicted octanol–water partition coefficient (Wildman–Crippen LogP) is 5.85. The third-order valence-corrected chi connectivity index (χ3v) is 7.43. The Morgan fingerprint density at radius 1 is 1.32 bits per heavy atom. The molecule has 0 saturated heterocycles. The van der Waals surface area contributed by atoms with Gasteiger partial charge in [0.25, 0.3) is 0 Å². The van der Waals surface area contributed by atoms with E-state index in [1.807, 2.05) is 13.0 Å². The Kier molecular flexibility index (Phi) is 5.09. The van der Waals surface area contributed by atoms with Crippen LogP contribution in [-0.4, -0.2) is 39.6 Å². The summed E-state index contributed by atoms with van der Waals surface area (Å²) in [6.07, 6.45) is 2.94. The topological polar surface area (TPSA) is 80.1 Å². The average Bonchev–Trinajstić information content (AvgIpc) is 3.33. The van der Waals surface area contributed by atoms with Crippen LogP contribution in [0.4, 0.5) is 4.39 Å². The summed E-state index contributed by atoms with van der Waals surface area (Å²) in [5, 5.41) is 19.1. The first-order chi connectivity index (χ1) is 16.1. The van der Waals surface area contributed by atoms with Crippen LogP contribution >= 0.6 is 0 Å². The fourth-order valence-corrected chi connectivity index (χ4v) is 5.70. The highest BCUT2D eigenvalue weighted by Gasteiger charge is 2.49. The van der Waals surface area contributed by atoms with Crippen LogP contribution in [0.25, 0.3) is 27.5 Å². The number of fused-ring (bicyclic) bond motifs is 2. The Balaban J connectivity index is 1.86. The molecular formula is C27H30FN3O3. The van der Waals surface area contributed by atoms with Gasteiger partial charge in [0.15, 0.2) is 0 Å². The maximum atomic E-state index is 14.2. The van der Waals surface area contributed by atoms with Crippen LogP contribution in [0.2, 0.25) is 0 Å². The van der Waals surface area contributed by atoms with E-state index >= 15 is 0 Å². The third-order valence-electron chi connectivity index (χ3n) is 7.43. The molecule has 2 aromatic carbocycles. The summed E-state index contributed by atoms with van der Waals surface area (Å²) in [4.78, 5) is 11.9. The molecule has 178 valence electrons. The van der Waals surface area contributed by atoms with E-state index in [1.165, 1.54) is 6.07 Å². The lowest BCUT2D eigenvalue weighted by Gasteiger charge is -2.43. The van der Waals surface area contributed by atoms with Gasteiger partial charge in [-0.1, -0.05) is 13.8 Å². The fourth-order valence-electron chi connectivity index (χ4n) is 5.70. The van der Waals surface area contributed by atoms with Crippen molar-refractivity contribution in [2.24, 2.45) is 5.41 Å². The molecule has 0 aliphatic heterocycles. The van der Waals surface area contributed by atoms with Crippen molar-refractivity contribution in [3.63, 3.8) is 0 Å². The molecule has 6 nitrogen and oxygen atoms in total. The summed E-state index contributed by atoms with van der Waals surface area (Å²) in [6, 6.07) is 9.40. The van der Waals surface area contributed by atoms with Crippen LogP contribution < -0.4 is 0 Å². The molecule has 34 heavy (non-hydrogen) atoms. The van der Waals surface area contributed by atoms with Gasteiger partial charge in [0.05, 0.1) is 29.3 Å². The van der Waals surface area contributed by atoms with Gasteiger partial charge in [-0.15, -0.1) is 0 Å².